The molecule has 92 heavy (non-hydrogen) atoms. The largest absolute Gasteiger partial charge is 0.476 e. The summed E-state index contributed by atoms with van der Waals surface area (Å²) >= 11 is 0. The molecular formula is C60H82N12O18P2. The number of nitrogens with zero attached hydrogens (tertiary/aromatic N) is 8. The molecule has 0 aliphatic carbocycles. The van der Waals surface area contributed by atoms with Gasteiger partial charge in [-0.05, 0) is 103 Å². The van der Waals surface area contributed by atoms with Crippen LogP contribution in [0.1, 0.15) is 91.5 Å². The summed E-state index contributed by atoms with van der Waals surface area (Å²) in [4.78, 5) is 51.9. The average Bonchev–Trinajstić information content (AvgIpc) is 1.60. The molecule has 2 saturated heterocycles. The van der Waals surface area contributed by atoms with E-state index in [2.05, 4.69) is 63.9 Å². The molecule has 30 nitrogen and oxygen atoms in total. The molecule has 6 unspecified atom stereocenters. The van der Waals surface area contributed by atoms with Gasteiger partial charge >= 0.3 is 27.4 Å². The molecule has 6 bridgehead atoms. The smallest absolute Gasteiger partial charge is 0.459 e. The molecule has 0 spiro atoms. The number of para-hydroxylation sites is 2. The number of hydrogen-bond acceptors (Lipinski definition) is 26. The maximum atomic E-state index is 14.0. The van der Waals surface area contributed by atoms with Crippen LogP contribution in [0.25, 0.3) is 22.3 Å². The monoisotopic (exact) mass is 1320 g/mol. The maximum Gasteiger partial charge on any atom is 0.459 e. The topological polar surface area (TPSA) is 377 Å². The van der Waals surface area contributed by atoms with Crippen LogP contribution in [0.2, 0.25) is 0 Å². The number of esters is 2. The minimum Gasteiger partial charge on any atom is -0.476 e. The molecule has 9 rings (SSSR count). The average molecular weight is 1320 g/mol. The molecule has 8 N–H and O–H groups in total. The Hall–Kier alpha value is -7.44. The van der Waals surface area contributed by atoms with Crippen LogP contribution in [0.15, 0.2) is 111 Å². The second-order valence-electron chi connectivity index (χ2n) is 22.0. The van der Waals surface area contributed by atoms with Crippen LogP contribution in [0.4, 0.5) is 11.9 Å². The minimum atomic E-state index is -4.28. The van der Waals surface area contributed by atoms with Crippen molar-refractivity contribution < 1.29 is 85.7 Å². The number of fused-ring (bicyclic) bond motifs is 4. The highest BCUT2D eigenvalue weighted by molar-refractivity contribution is 7.52. The lowest BCUT2D eigenvalue weighted by Crippen LogP contribution is -2.44. The van der Waals surface area contributed by atoms with E-state index in [0.717, 1.165) is 25.7 Å². The van der Waals surface area contributed by atoms with E-state index in [-0.39, 0.29) is 54.0 Å². The van der Waals surface area contributed by atoms with E-state index in [4.69, 9.17) is 46.5 Å². The van der Waals surface area contributed by atoms with Crippen LogP contribution in [-0.4, -0.2) is 173 Å². The number of cyclic esters (lactones) is 1. The van der Waals surface area contributed by atoms with Gasteiger partial charge in [-0.1, -0.05) is 60.7 Å². The van der Waals surface area contributed by atoms with Crippen molar-refractivity contribution in [2.45, 2.75) is 139 Å². The van der Waals surface area contributed by atoms with E-state index in [1.807, 2.05) is 12.2 Å². The second-order valence-corrected chi connectivity index (χ2v) is 25.4. The zero-order valence-corrected chi connectivity index (χ0v) is 53.9. The number of aromatic nitrogens is 8. The van der Waals surface area contributed by atoms with Crippen LogP contribution in [0, 0.1) is 0 Å². The first-order chi connectivity index (χ1) is 44.1. The molecule has 2 aromatic carbocycles. The minimum absolute atomic E-state index is 0.189. The first kappa shape index (κ1) is 70.4. The fraction of sp³-hybridized carbons (Fsp3) is 0.500. The Morgan fingerprint density at radius 2 is 1.46 bits per heavy atom. The van der Waals surface area contributed by atoms with E-state index in [0.29, 0.717) is 55.6 Å². The summed E-state index contributed by atoms with van der Waals surface area (Å²) in [6.07, 6.45) is 8.28. The van der Waals surface area contributed by atoms with Gasteiger partial charge in [0.05, 0.1) is 52.3 Å². The summed E-state index contributed by atoms with van der Waals surface area (Å²) in [7, 11) is -5.23. The molecule has 4 aromatic heterocycles. The summed E-state index contributed by atoms with van der Waals surface area (Å²) in [6, 6.07) is 14.4. The van der Waals surface area contributed by atoms with Crippen molar-refractivity contribution in [2.24, 2.45) is 0 Å². The van der Waals surface area contributed by atoms with Crippen molar-refractivity contribution in [2.75, 3.05) is 64.4 Å². The van der Waals surface area contributed by atoms with Crippen molar-refractivity contribution in [3.63, 3.8) is 0 Å². The fourth-order valence-electron chi connectivity index (χ4n) is 9.70. The summed E-state index contributed by atoms with van der Waals surface area (Å²) < 4.78 is 88.4. The molecule has 0 amide bonds. The summed E-state index contributed by atoms with van der Waals surface area (Å²) in [6.45, 7) is 13.2. The van der Waals surface area contributed by atoms with Crippen molar-refractivity contribution >= 4 is 61.7 Å². The van der Waals surface area contributed by atoms with Gasteiger partial charge in [-0.15, -0.1) is 13.2 Å². The van der Waals surface area contributed by atoms with Gasteiger partial charge in [0, 0.05) is 14.1 Å². The number of ether oxygens (including phenoxy) is 6. The lowest BCUT2D eigenvalue weighted by Gasteiger charge is -2.27. The Bertz CT molecular complexity index is 3550. The van der Waals surface area contributed by atoms with Gasteiger partial charge < -0.3 is 68.5 Å². The third-order valence-corrected chi connectivity index (χ3v) is 18.0. The number of rotatable bonds is 22. The normalized spacial score (nSPS) is 26.5. The molecule has 0 saturated carbocycles. The standard InChI is InChI=1S/C31H43N6O9P.C29H39N6O9P/c1-6-8-10-14-18-43-28(39)21(3)36-47(41,46-22-15-12-11-13-16-22)44-19-23-25(38)31(4,40)29(45-23)37-20-33-24-26(37)34-30(32-5)35-27(24)42-17-9-7-2;1-19-26(37)41-16-12-7-5-4-6-11-15-40-25-22-24(32-28(30-3)33-25)35(18-31-22)27-29(2,38)23(36)21(43-27)17-42-45(39,34-19)44-20-13-9-8-10-14-20/h6-7,11-13,15-16,20-21,23,25,29,38,40H,1-2,8-10,14,17-19H2,3-5H3,(H,36,41)(H,32,34,35);4,6,8-10,13-14,18-19,21,23,27,36,38H,5,7,11-12,15-17H2,1-3H3,(H,34,39)(H,30,32,33)/t21-,23?,25+,29?,31+,47?;19-,21?,23+,27?,29+,45?/m00/s1. The maximum absolute atomic E-state index is 14.0. The van der Waals surface area contributed by atoms with Crippen LogP contribution >= 0.6 is 15.5 Å². The summed E-state index contributed by atoms with van der Waals surface area (Å²) in [5.74, 6) is 0.111. The Morgan fingerprint density at radius 1 is 0.826 bits per heavy atom. The van der Waals surface area contributed by atoms with Crippen molar-refractivity contribution in [1.82, 2.24) is 49.2 Å². The number of carbonyl (C=O) groups is 2. The summed E-state index contributed by atoms with van der Waals surface area (Å²) in [5.41, 5.74) is -2.52. The first-order valence-electron chi connectivity index (χ1n) is 30.1. The van der Waals surface area contributed by atoms with Gasteiger partial charge in [-0.2, -0.15) is 30.1 Å². The number of carbonyl (C=O) groups excluding carboxylic acids is 2. The molecule has 12 atom stereocenters. The Morgan fingerprint density at radius 3 is 2.14 bits per heavy atom. The van der Waals surface area contributed by atoms with Gasteiger partial charge in [-0.25, -0.2) is 19.1 Å². The fourth-order valence-corrected chi connectivity index (χ4v) is 12.7. The van der Waals surface area contributed by atoms with Gasteiger partial charge in [0.15, 0.2) is 34.8 Å². The predicted molar refractivity (Wildman–Crippen MR) is 337 cm³/mol. The third-order valence-electron chi connectivity index (χ3n) is 14.7. The number of aliphatic hydroxyl groups excluding tert-OH is 2. The van der Waals surface area contributed by atoms with Gasteiger partial charge in [-0.3, -0.25) is 27.8 Å². The number of benzene rings is 2. The van der Waals surface area contributed by atoms with E-state index < -0.39 is 101 Å². The molecule has 7 heterocycles. The third kappa shape index (κ3) is 17.8. The Balaban J connectivity index is 0.000000237. The lowest BCUT2D eigenvalue weighted by atomic mass is 9.96. The number of unbranched alkanes of at least 4 members (excludes halogenated alkanes) is 2. The number of aliphatic hydroxyl groups is 4. The van der Waals surface area contributed by atoms with Gasteiger partial charge in [0.1, 0.15) is 59.2 Å². The van der Waals surface area contributed by atoms with Crippen LogP contribution < -0.4 is 39.3 Å². The number of allylic oxidation sites excluding steroid dienone is 2. The number of anilines is 2. The van der Waals surface area contributed by atoms with Crippen molar-refractivity contribution in [3.8, 4) is 23.3 Å². The quantitative estimate of drug-likeness (QED) is 0.0146. The molecule has 0 radical (unpaired) electrons. The van der Waals surface area contributed by atoms with Gasteiger partial charge in [0.25, 0.3) is 0 Å². The number of imidazole rings is 2. The second kappa shape index (κ2) is 32.4. The van der Waals surface area contributed by atoms with E-state index in [1.54, 1.807) is 86.9 Å². The molecule has 3 aliphatic heterocycles. The zero-order chi connectivity index (χ0) is 66.1. The SMILES string of the molecule is C=CCCCCOC(=O)[C@H](C)NP(=O)(OCC1OC(n2cnc3c(OCCC=C)nc(NC)nc32)[C@](C)(O)[C@@H]1O)Oc1ccccc1.CNc1nc2c3ncn(c3n1)C1OC(COP(=O)(Oc3ccccc3)N[C@@H](C)C(=O)OCCCCC=CCCO2)[C@@H](O)[C@@]1(C)O. The molecular weight excluding hydrogens is 1240 g/mol. The number of nitrogens with one attached hydrogen (secondary N) is 4. The Kier molecular flexibility index (Phi) is 24.8. The zero-order valence-electron chi connectivity index (χ0n) is 52.1. The van der Waals surface area contributed by atoms with E-state index in [9.17, 15) is 39.1 Å². The Labute approximate surface area is 532 Å². The van der Waals surface area contributed by atoms with Crippen LogP contribution in [0.5, 0.6) is 23.3 Å². The van der Waals surface area contributed by atoms with E-state index >= 15 is 0 Å². The highest BCUT2D eigenvalue weighted by Gasteiger charge is 2.56. The van der Waals surface area contributed by atoms with Crippen LogP contribution in [-0.2, 0) is 46.7 Å². The molecule has 500 valence electrons. The summed E-state index contributed by atoms with van der Waals surface area (Å²) in [5, 5.41) is 56.2. The van der Waals surface area contributed by atoms with Crippen molar-refractivity contribution in [1.29, 1.82) is 0 Å². The predicted octanol–water partition coefficient (Wildman–Crippen LogP) is 7.02. The molecule has 3 aliphatic rings. The molecule has 6 aromatic rings. The van der Waals surface area contributed by atoms with E-state index in [1.165, 1.54) is 49.5 Å². The lowest BCUT2D eigenvalue weighted by molar-refractivity contribution is -0.146. The highest BCUT2D eigenvalue weighted by atomic mass is 31.2. The molecule has 32 heteroatoms. The van der Waals surface area contributed by atoms with Gasteiger partial charge in [0.2, 0.25) is 23.7 Å². The highest BCUT2D eigenvalue weighted by Crippen LogP contribution is 2.49. The van der Waals surface area contributed by atoms with Crippen molar-refractivity contribution in [3.05, 3.63) is 111 Å². The number of hydrogen-bond donors (Lipinski definition) is 8. The first-order valence-corrected chi connectivity index (χ1v) is 33.2. The van der Waals surface area contributed by atoms with Crippen LogP contribution in [0.3, 0.4) is 0 Å². The molecule has 2 fully saturated rings.